The second-order valence-corrected chi connectivity index (χ2v) is 8.27. The molecule has 0 N–H and O–H groups in total. The third-order valence-corrected chi connectivity index (χ3v) is 5.90. The van der Waals surface area contributed by atoms with E-state index in [1.165, 1.54) is 24.1 Å². The Labute approximate surface area is 196 Å². The maximum Gasteiger partial charge on any atom is 0.337 e. The van der Waals surface area contributed by atoms with Crippen LogP contribution in [-0.2, 0) is 4.74 Å². The van der Waals surface area contributed by atoms with Crippen LogP contribution < -0.4 is 10.3 Å². The van der Waals surface area contributed by atoms with Crippen molar-refractivity contribution in [2.45, 2.75) is 13.0 Å². The first-order valence-electron chi connectivity index (χ1n) is 9.71. The van der Waals surface area contributed by atoms with Crippen LogP contribution in [0.1, 0.15) is 43.8 Å². The SMILES string of the molecule is COC(=O)c1ccc([C@@H]2c3c(oc4c(Cl)cc(Cl)cc4c3=O)C(=O)N2c2cc(C)on2)cc1. The van der Waals surface area contributed by atoms with Crippen LogP contribution in [0.4, 0.5) is 5.82 Å². The standard InChI is InChI=1S/C23H14Cl2N2O6/c1-10-7-16(26-33-10)27-18(11-3-5-12(6-4-11)23(30)31-2)17-19(28)14-8-13(24)9-15(25)20(14)32-21(17)22(27)29/h3-9,18H,1-2H3/t18-/m1/s1. The highest BCUT2D eigenvalue weighted by molar-refractivity contribution is 6.38. The molecular weight excluding hydrogens is 471 g/mol. The average Bonchev–Trinajstić information content (AvgIpc) is 3.35. The number of rotatable bonds is 3. The normalized spacial score (nSPS) is 15.2. The van der Waals surface area contributed by atoms with Crippen LogP contribution in [0.3, 0.4) is 0 Å². The molecule has 0 aliphatic carbocycles. The smallest absolute Gasteiger partial charge is 0.337 e. The Balaban J connectivity index is 1.78. The third-order valence-electron chi connectivity index (χ3n) is 5.40. The van der Waals surface area contributed by atoms with Crippen molar-refractivity contribution in [2.75, 3.05) is 12.0 Å². The average molecular weight is 485 g/mol. The molecule has 2 aromatic heterocycles. The first-order valence-corrected chi connectivity index (χ1v) is 10.5. The van der Waals surface area contributed by atoms with E-state index in [-0.39, 0.29) is 38.2 Å². The minimum Gasteiger partial charge on any atom is -0.465 e. The minimum atomic E-state index is -0.887. The molecule has 3 heterocycles. The summed E-state index contributed by atoms with van der Waals surface area (Å²) in [6.45, 7) is 1.68. The zero-order chi connectivity index (χ0) is 23.4. The van der Waals surface area contributed by atoms with Crippen LogP contribution in [0.25, 0.3) is 11.0 Å². The fourth-order valence-electron chi connectivity index (χ4n) is 3.94. The van der Waals surface area contributed by atoms with Crippen molar-refractivity contribution in [3.05, 3.63) is 90.9 Å². The van der Waals surface area contributed by atoms with Crippen LogP contribution in [0.5, 0.6) is 0 Å². The molecule has 166 valence electrons. The van der Waals surface area contributed by atoms with E-state index in [0.29, 0.717) is 16.9 Å². The number of aryl methyl sites for hydroxylation is 1. The van der Waals surface area contributed by atoms with Crippen molar-refractivity contribution in [2.24, 2.45) is 0 Å². The molecule has 2 aromatic carbocycles. The number of carbonyl (C=O) groups excluding carboxylic acids is 2. The van der Waals surface area contributed by atoms with E-state index in [9.17, 15) is 14.4 Å². The largest absolute Gasteiger partial charge is 0.465 e. The summed E-state index contributed by atoms with van der Waals surface area (Å²) < 4.78 is 15.8. The number of esters is 1. The Bertz CT molecular complexity index is 1510. The van der Waals surface area contributed by atoms with E-state index in [1.54, 1.807) is 37.3 Å². The van der Waals surface area contributed by atoms with E-state index in [2.05, 4.69) is 5.16 Å². The molecule has 0 saturated heterocycles. The van der Waals surface area contributed by atoms with E-state index in [1.807, 2.05) is 0 Å². The second-order valence-electron chi connectivity index (χ2n) is 7.43. The van der Waals surface area contributed by atoms with Crippen molar-refractivity contribution in [1.82, 2.24) is 5.16 Å². The number of benzene rings is 2. The molecule has 0 radical (unpaired) electrons. The lowest BCUT2D eigenvalue weighted by Crippen LogP contribution is -2.29. The number of fused-ring (bicyclic) bond motifs is 2. The van der Waals surface area contributed by atoms with Gasteiger partial charge in [0.2, 0.25) is 5.76 Å². The van der Waals surface area contributed by atoms with Gasteiger partial charge in [0.05, 0.1) is 34.7 Å². The van der Waals surface area contributed by atoms with Crippen LogP contribution in [0.2, 0.25) is 10.0 Å². The van der Waals surface area contributed by atoms with Crippen LogP contribution in [-0.4, -0.2) is 24.1 Å². The van der Waals surface area contributed by atoms with E-state index in [0.717, 1.165) is 0 Å². The van der Waals surface area contributed by atoms with Gasteiger partial charge in [0.1, 0.15) is 5.76 Å². The molecule has 10 heteroatoms. The highest BCUT2D eigenvalue weighted by atomic mass is 35.5. The predicted molar refractivity (Wildman–Crippen MR) is 120 cm³/mol. The highest BCUT2D eigenvalue weighted by Crippen LogP contribution is 2.42. The number of aromatic nitrogens is 1. The molecule has 8 nitrogen and oxygen atoms in total. The summed E-state index contributed by atoms with van der Waals surface area (Å²) in [5, 5.41) is 4.48. The molecule has 0 spiro atoms. The molecule has 0 saturated carbocycles. The molecule has 1 aliphatic rings. The number of halogens is 2. The molecule has 33 heavy (non-hydrogen) atoms. The minimum absolute atomic E-state index is 0.0659. The number of carbonyl (C=O) groups is 2. The summed E-state index contributed by atoms with van der Waals surface area (Å²) >= 11 is 12.4. The summed E-state index contributed by atoms with van der Waals surface area (Å²) in [5.74, 6) is -0.556. The maximum absolute atomic E-state index is 13.6. The zero-order valence-corrected chi connectivity index (χ0v) is 18.7. The molecule has 4 aromatic rings. The van der Waals surface area contributed by atoms with E-state index in [4.69, 9.17) is 36.9 Å². The lowest BCUT2D eigenvalue weighted by atomic mass is 9.97. The molecule has 1 aliphatic heterocycles. The van der Waals surface area contributed by atoms with Gasteiger partial charge in [0.25, 0.3) is 5.91 Å². The molecule has 1 amide bonds. The van der Waals surface area contributed by atoms with Crippen molar-refractivity contribution in [1.29, 1.82) is 0 Å². The predicted octanol–water partition coefficient (Wildman–Crippen LogP) is 4.93. The summed E-state index contributed by atoms with van der Waals surface area (Å²) in [6, 6.07) is 9.93. The van der Waals surface area contributed by atoms with Gasteiger partial charge in [-0.15, -0.1) is 0 Å². The van der Waals surface area contributed by atoms with Gasteiger partial charge in [0, 0.05) is 11.1 Å². The Hall–Kier alpha value is -3.62. The fourth-order valence-corrected chi connectivity index (χ4v) is 4.47. The summed E-state index contributed by atoms with van der Waals surface area (Å²) in [6.07, 6.45) is 0. The van der Waals surface area contributed by atoms with Crippen molar-refractivity contribution < 1.29 is 23.3 Å². The van der Waals surface area contributed by atoms with Crippen molar-refractivity contribution in [3.8, 4) is 0 Å². The maximum atomic E-state index is 13.6. The number of ether oxygens (including phenoxy) is 1. The van der Waals surface area contributed by atoms with Gasteiger partial charge < -0.3 is 13.7 Å². The van der Waals surface area contributed by atoms with Gasteiger partial charge in [-0.2, -0.15) is 0 Å². The lowest BCUT2D eigenvalue weighted by molar-refractivity contribution is 0.0600. The van der Waals surface area contributed by atoms with E-state index < -0.39 is 23.3 Å². The molecule has 5 rings (SSSR count). The molecule has 0 unspecified atom stereocenters. The quantitative estimate of drug-likeness (QED) is 0.379. The number of amides is 1. The van der Waals surface area contributed by atoms with Gasteiger partial charge >= 0.3 is 5.97 Å². The van der Waals surface area contributed by atoms with Gasteiger partial charge in [-0.1, -0.05) is 40.5 Å². The Kier molecular flexibility index (Phi) is 4.99. The summed E-state index contributed by atoms with van der Waals surface area (Å²) in [4.78, 5) is 40.2. The monoisotopic (exact) mass is 484 g/mol. The molecule has 0 bridgehead atoms. The lowest BCUT2D eigenvalue weighted by Gasteiger charge is -2.22. The first-order chi connectivity index (χ1) is 15.8. The van der Waals surface area contributed by atoms with Crippen molar-refractivity contribution >= 4 is 51.9 Å². The Morgan fingerprint density at radius 1 is 1.12 bits per heavy atom. The number of hydrogen-bond acceptors (Lipinski definition) is 7. The Morgan fingerprint density at radius 3 is 2.48 bits per heavy atom. The van der Waals surface area contributed by atoms with Gasteiger partial charge in [0.15, 0.2) is 16.8 Å². The highest BCUT2D eigenvalue weighted by Gasteiger charge is 2.45. The van der Waals surface area contributed by atoms with Gasteiger partial charge in [-0.25, -0.2) is 4.79 Å². The molecule has 1 atom stereocenters. The van der Waals surface area contributed by atoms with Gasteiger partial charge in [-0.05, 0) is 36.8 Å². The van der Waals surface area contributed by atoms with Crippen molar-refractivity contribution in [3.63, 3.8) is 0 Å². The number of hydrogen-bond donors (Lipinski definition) is 0. The summed E-state index contributed by atoms with van der Waals surface area (Å²) in [5.41, 5.74) is 0.594. The molecule has 0 fully saturated rings. The molecular formula is C23H14Cl2N2O6. The Morgan fingerprint density at radius 2 is 1.85 bits per heavy atom. The van der Waals surface area contributed by atoms with E-state index >= 15 is 0 Å². The van der Waals surface area contributed by atoms with Crippen LogP contribution >= 0.6 is 23.2 Å². The summed E-state index contributed by atoms with van der Waals surface area (Å²) in [7, 11) is 1.28. The number of nitrogens with zero attached hydrogens (tertiary/aromatic N) is 2. The fraction of sp³-hybridized carbons (Fsp3) is 0.130. The van der Waals surface area contributed by atoms with Crippen LogP contribution in [0, 0.1) is 6.92 Å². The third kappa shape index (κ3) is 3.30. The number of methoxy groups -OCH3 is 1. The number of anilines is 1. The van der Waals surface area contributed by atoms with Crippen LogP contribution in [0.15, 0.2) is 56.2 Å². The topological polar surface area (TPSA) is 103 Å². The first kappa shape index (κ1) is 21.2. The second kappa shape index (κ2) is 7.75. The zero-order valence-electron chi connectivity index (χ0n) is 17.2. The van der Waals surface area contributed by atoms with Gasteiger partial charge in [-0.3, -0.25) is 14.5 Å².